The largest absolute Gasteiger partial charge is 0.481 e. The molecule has 0 saturated carbocycles. The zero-order chi connectivity index (χ0) is 17.7. The van der Waals surface area contributed by atoms with Crippen LogP contribution in [0.5, 0.6) is 0 Å². The molecule has 1 aliphatic heterocycles. The van der Waals surface area contributed by atoms with Gasteiger partial charge < -0.3 is 20.4 Å². The molecule has 1 heterocycles. The number of carbonyl (C=O) groups is 2. The molecule has 1 fully saturated rings. The highest BCUT2D eigenvalue weighted by atomic mass is 16.4. The number of hydrogen-bond acceptors (Lipinski definition) is 3. The third-order valence-corrected chi connectivity index (χ3v) is 4.72. The van der Waals surface area contributed by atoms with E-state index >= 15 is 0 Å². The van der Waals surface area contributed by atoms with Gasteiger partial charge in [0.25, 0.3) is 0 Å². The van der Waals surface area contributed by atoms with E-state index in [1.807, 2.05) is 38.1 Å². The number of amides is 2. The standard InChI is InChI=1S/C18H26N2O4/c1-3-8-18(16(22)23)12-20(9-7-15(18)21)17(24)19-11-14-6-4-5-13(2)10-14/h4-6,10,15,21H,3,7-9,11-12H2,1-2H3,(H,19,24)(H,22,23)/t15-,18+/m0/s1. The number of aryl methyl sites for hydroxylation is 1. The van der Waals surface area contributed by atoms with Crippen LogP contribution in [0.15, 0.2) is 24.3 Å². The Labute approximate surface area is 142 Å². The first-order chi connectivity index (χ1) is 11.4. The van der Waals surface area contributed by atoms with Crippen LogP contribution in [0.1, 0.15) is 37.3 Å². The van der Waals surface area contributed by atoms with Crippen LogP contribution in [-0.4, -0.2) is 46.3 Å². The number of piperidine rings is 1. The number of aliphatic hydroxyl groups is 1. The fourth-order valence-electron chi connectivity index (χ4n) is 3.37. The molecule has 0 unspecified atom stereocenters. The Morgan fingerprint density at radius 1 is 1.42 bits per heavy atom. The van der Waals surface area contributed by atoms with Gasteiger partial charge in [-0.25, -0.2) is 4.79 Å². The van der Waals surface area contributed by atoms with Crippen molar-refractivity contribution in [2.75, 3.05) is 13.1 Å². The molecule has 2 amide bonds. The molecule has 6 nitrogen and oxygen atoms in total. The van der Waals surface area contributed by atoms with Crippen molar-refractivity contribution in [3.05, 3.63) is 35.4 Å². The molecule has 0 spiro atoms. The first kappa shape index (κ1) is 18.3. The van der Waals surface area contributed by atoms with Crippen LogP contribution in [0.4, 0.5) is 4.79 Å². The summed E-state index contributed by atoms with van der Waals surface area (Å²) in [5, 5.41) is 22.7. The summed E-state index contributed by atoms with van der Waals surface area (Å²) in [6, 6.07) is 7.57. The second kappa shape index (κ2) is 7.66. The van der Waals surface area contributed by atoms with Crippen molar-refractivity contribution in [3.63, 3.8) is 0 Å². The van der Waals surface area contributed by atoms with E-state index in [9.17, 15) is 19.8 Å². The van der Waals surface area contributed by atoms with E-state index in [1.165, 1.54) is 4.90 Å². The number of urea groups is 1. The van der Waals surface area contributed by atoms with Gasteiger partial charge >= 0.3 is 12.0 Å². The van der Waals surface area contributed by atoms with E-state index in [0.29, 0.717) is 25.9 Å². The molecule has 1 aromatic carbocycles. The lowest BCUT2D eigenvalue weighted by Crippen LogP contribution is -2.58. The summed E-state index contributed by atoms with van der Waals surface area (Å²) in [4.78, 5) is 25.7. The van der Waals surface area contributed by atoms with Crippen molar-refractivity contribution in [2.24, 2.45) is 5.41 Å². The normalized spacial score (nSPS) is 23.8. The van der Waals surface area contributed by atoms with Gasteiger partial charge in [0.2, 0.25) is 0 Å². The minimum absolute atomic E-state index is 0.0387. The van der Waals surface area contributed by atoms with E-state index in [4.69, 9.17) is 0 Å². The molecule has 2 rings (SSSR count). The van der Waals surface area contributed by atoms with Gasteiger partial charge in [0.05, 0.1) is 6.10 Å². The maximum Gasteiger partial charge on any atom is 0.317 e. The van der Waals surface area contributed by atoms with Crippen LogP contribution in [0.25, 0.3) is 0 Å². The van der Waals surface area contributed by atoms with E-state index in [0.717, 1.165) is 11.1 Å². The molecule has 1 aliphatic rings. The second-order valence-corrected chi connectivity index (χ2v) is 6.59. The number of likely N-dealkylation sites (tertiary alicyclic amines) is 1. The third kappa shape index (κ3) is 3.87. The Kier molecular flexibility index (Phi) is 5.83. The topological polar surface area (TPSA) is 89.9 Å². The number of nitrogens with zero attached hydrogens (tertiary/aromatic N) is 1. The number of carbonyl (C=O) groups excluding carboxylic acids is 1. The van der Waals surface area contributed by atoms with Crippen molar-refractivity contribution in [1.82, 2.24) is 10.2 Å². The molecule has 24 heavy (non-hydrogen) atoms. The number of hydrogen-bond donors (Lipinski definition) is 3. The lowest BCUT2D eigenvalue weighted by molar-refractivity contribution is -0.162. The average molecular weight is 334 g/mol. The quantitative estimate of drug-likeness (QED) is 0.769. The minimum Gasteiger partial charge on any atom is -0.481 e. The number of aliphatic carboxylic acids is 1. The summed E-state index contributed by atoms with van der Waals surface area (Å²) in [7, 11) is 0. The van der Waals surface area contributed by atoms with Crippen LogP contribution < -0.4 is 5.32 Å². The SMILES string of the molecule is CCC[C@@]1(C(=O)O)CN(C(=O)NCc2cccc(C)c2)CC[C@@H]1O. The molecule has 1 aromatic rings. The van der Waals surface area contributed by atoms with Crippen LogP contribution in [0.3, 0.4) is 0 Å². The van der Waals surface area contributed by atoms with Crippen LogP contribution >= 0.6 is 0 Å². The van der Waals surface area contributed by atoms with Crippen LogP contribution in [0, 0.1) is 12.3 Å². The number of nitrogens with one attached hydrogen (secondary N) is 1. The summed E-state index contributed by atoms with van der Waals surface area (Å²) in [5.74, 6) is -1.03. The van der Waals surface area contributed by atoms with Gasteiger partial charge in [-0.15, -0.1) is 0 Å². The third-order valence-electron chi connectivity index (χ3n) is 4.72. The van der Waals surface area contributed by atoms with E-state index < -0.39 is 17.5 Å². The summed E-state index contributed by atoms with van der Waals surface area (Å²) >= 11 is 0. The monoisotopic (exact) mass is 334 g/mol. The first-order valence-electron chi connectivity index (χ1n) is 8.39. The fraction of sp³-hybridized carbons (Fsp3) is 0.556. The lowest BCUT2D eigenvalue weighted by Gasteiger charge is -2.43. The molecule has 0 aliphatic carbocycles. The summed E-state index contributed by atoms with van der Waals surface area (Å²) in [6.07, 6.45) is 0.355. The highest BCUT2D eigenvalue weighted by Crippen LogP contribution is 2.35. The summed E-state index contributed by atoms with van der Waals surface area (Å²) in [6.45, 7) is 4.67. The molecule has 2 atom stereocenters. The maximum atomic E-state index is 12.4. The highest BCUT2D eigenvalue weighted by molar-refractivity contribution is 5.79. The zero-order valence-corrected chi connectivity index (χ0v) is 14.3. The van der Waals surface area contributed by atoms with Crippen molar-refractivity contribution in [2.45, 2.75) is 45.8 Å². The molecule has 0 radical (unpaired) electrons. The molecular weight excluding hydrogens is 308 g/mol. The smallest absolute Gasteiger partial charge is 0.317 e. The number of rotatable bonds is 5. The van der Waals surface area contributed by atoms with Gasteiger partial charge in [-0.05, 0) is 25.3 Å². The number of carboxylic acids is 1. The molecule has 0 aromatic heterocycles. The number of aliphatic hydroxyl groups excluding tert-OH is 1. The molecule has 1 saturated heterocycles. The number of benzene rings is 1. The molecule has 6 heteroatoms. The van der Waals surface area contributed by atoms with Gasteiger partial charge in [0.1, 0.15) is 5.41 Å². The predicted molar refractivity (Wildman–Crippen MR) is 90.6 cm³/mol. The van der Waals surface area contributed by atoms with Crippen LogP contribution in [-0.2, 0) is 11.3 Å². The van der Waals surface area contributed by atoms with E-state index in [2.05, 4.69) is 5.32 Å². The Bertz CT molecular complexity index is 604. The molecule has 3 N–H and O–H groups in total. The summed E-state index contributed by atoms with van der Waals surface area (Å²) in [5.41, 5.74) is 0.849. The minimum atomic E-state index is -1.27. The Hall–Kier alpha value is -2.08. The Morgan fingerprint density at radius 3 is 2.79 bits per heavy atom. The number of carboxylic acid groups (broad SMARTS) is 1. The zero-order valence-electron chi connectivity index (χ0n) is 14.3. The maximum absolute atomic E-state index is 12.4. The highest BCUT2D eigenvalue weighted by Gasteiger charge is 2.49. The Balaban J connectivity index is 2.03. The Morgan fingerprint density at radius 2 is 2.17 bits per heavy atom. The van der Waals surface area contributed by atoms with Gasteiger partial charge in [-0.1, -0.05) is 43.2 Å². The van der Waals surface area contributed by atoms with Crippen molar-refractivity contribution >= 4 is 12.0 Å². The summed E-state index contributed by atoms with van der Waals surface area (Å²) < 4.78 is 0. The average Bonchev–Trinajstić information content (AvgIpc) is 2.54. The van der Waals surface area contributed by atoms with E-state index in [-0.39, 0.29) is 19.0 Å². The second-order valence-electron chi connectivity index (χ2n) is 6.59. The lowest BCUT2D eigenvalue weighted by atomic mass is 9.74. The fourth-order valence-corrected chi connectivity index (χ4v) is 3.37. The van der Waals surface area contributed by atoms with Gasteiger partial charge in [0.15, 0.2) is 0 Å². The molecule has 132 valence electrons. The van der Waals surface area contributed by atoms with Gasteiger partial charge in [0, 0.05) is 19.6 Å². The first-order valence-corrected chi connectivity index (χ1v) is 8.39. The van der Waals surface area contributed by atoms with Gasteiger partial charge in [-0.3, -0.25) is 4.79 Å². The molecular formula is C18H26N2O4. The van der Waals surface area contributed by atoms with E-state index in [1.54, 1.807) is 0 Å². The molecule has 0 bridgehead atoms. The predicted octanol–water partition coefficient (Wildman–Crippen LogP) is 2.14. The van der Waals surface area contributed by atoms with Crippen LogP contribution in [0.2, 0.25) is 0 Å². The van der Waals surface area contributed by atoms with Crippen molar-refractivity contribution < 1.29 is 19.8 Å². The van der Waals surface area contributed by atoms with Crippen molar-refractivity contribution in [1.29, 1.82) is 0 Å². The van der Waals surface area contributed by atoms with Crippen molar-refractivity contribution in [3.8, 4) is 0 Å². The van der Waals surface area contributed by atoms with Gasteiger partial charge in [-0.2, -0.15) is 0 Å².